The van der Waals surface area contributed by atoms with Crippen molar-refractivity contribution in [3.05, 3.63) is 42.1 Å². The standard InChI is InChI=1S/C15H17NO2/c1-3-16-13(9-10-15(17)18-4-2)11-12-7-5-6-8-14(12)16/h5-11H,3-4H2,1-2H3/b10-9+. The third kappa shape index (κ3) is 2.45. The van der Waals surface area contributed by atoms with Crippen molar-refractivity contribution >= 4 is 22.9 Å². The molecule has 1 heterocycles. The van der Waals surface area contributed by atoms with Crippen molar-refractivity contribution in [1.82, 2.24) is 4.57 Å². The van der Waals surface area contributed by atoms with Crippen LogP contribution < -0.4 is 0 Å². The molecule has 0 fully saturated rings. The summed E-state index contributed by atoms with van der Waals surface area (Å²) in [4.78, 5) is 11.3. The van der Waals surface area contributed by atoms with E-state index in [4.69, 9.17) is 4.74 Å². The molecule has 94 valence electrons. The third-order valence-electron chi connectivity index (χ3n) is 2.84. The summed E-state index contributed by atoms with van der Waals surface area (Å²) in [6.07, 6.45) is 3.28. The van der Waals surface area contributed by atoms with Crippen molar-refractivity contribution in [2.45, 2.75) is 20.4 Å². The summed E-state index contributed by atoms with van der Waals surface area (Å²) in [5.41, 5.74) is 2.20. The van der Waals surface area contributed by atoms with E-state index in [1.165, 1.54) is 17.0 Å². The van der Waals surface area contributed by atoms with Crippen molar-refractivity contribution in [3.8, 4) is 0 Å². The minimum atomic E-state index is -0.301. The molecule has 1 aromatic heterocycles. The molecule has 1 aromatic carbocycles. The monoisotopic (exact) mass is 243 g/mol. The van der Waals surface area contributed by atoms with Crippen LogP contribution in [0.2, 0.25) is 0 Å². The number of ether oxygens (including phenoxy) is 1. The zero-order valence-electron chi connectivity index (χ0n) is 10.7. The molecule has 0 unspecified atom stereocenters. The van der Waals surface area contributed by atoms with E-state index in [1.54, 1.807) is 6.92 Å². The van der Waals surface area contributed by atoms with E-state index in [9.17, 15) is 4.79 Å². The molecule has 0 aliphatic carbocycles. The highest BCUT2D eigenvalue weighted by molar-refractivity contribution is 5.89. The number of aromatic nitrogens is 1. The van der Waals surface area contributed by atoms with Crippen LogP contribution in [0.3, 0.4) is 0 Å². The lowest BCUT2D eigenvalue weighted by Crippen LogP contribution is -2.00. The minimum Gasteiger partial charge on any atom is -0.463 e. The number of hydrogen-bond donors (Lipinski definition) is 0. The highest BCUT2D eigenvalue weighted by Crippen LogP contribution is 2.20. The van der Waals surface area contributed by atoms with Crippen molar-refractivity contribution in [2.75, 3.05) is 6.61 Å². The first-order valence-electron chi connectivity index (χ1n) is 6.19. The quantitative estimate of drug-likeness (QED) is 0.609. The summed E-state index contributed by atoms with van der Waals surface area (Å²) in [7, 11) is 0. The molecule has 2 aromatic rings. The molecule has 0 bridgehead atoms. The van der Waals surface area contributed by atoms with Gasteiger partial charge in [-0.15, -0.1) is 0 Å². The van der Waals surface area contributed by atoms with Crippen molar-refractivity contribution in [3.63, 3.8) is 0 Å². The van der Waals surface area contributed by atoms with Gasteiger partial charge in [-0.25, -0.2) is 4.79 Å². The Kier molecular flexibility index (Phi) is 3.82. The molecule has 0 atom stereocenters. The number of carbonyl (C=O) groups is 1. The molecular formula is C15H17NO2. The molecule has 0 N–H and O–H groups in total. The van der Waals surface area contributed by atoms with Gasteiger partial charge in [0.25, 0.3) is 0 Å². The predicted molar refractivity (Wildman–Crippen MR) is 73.3 cm³/mol. The number of rotatable bonds is 4. The molecule has 3 heteroatoms. The lowest BCUT2D eigenvalue weighted by atomic mass is 10.2. The van der Waals surface area contributed by atoms with Crippen molar-refractivity contribution in [1.29, 1.82) is 0 Å². The van der Waals surface area contributed by atoms with Crippen LogP contribution >= 0.6 is 0 Å². The molecule has 0 saturated carbocycles. The van der Waals surface area contributed by atoms with Crippen LogP contribution in [0.25, 0.3) is 17.0 Å². The molecule has 0 radical (unpaired) electrons. The third-order valence-corrected chi connectivity index (χ3v) is 2.84. The Morgan fingerprint density at radius 3 is 2.83 bits per heavy atom. The van der Waals surface area contributed by atoms with E-state index in [2.05, 4.69) is 29.7 Å². The highest BCUT2D eigenvalue weighted by atomic mass is 16.5. The number of fused-ring (bicyclic) bond motifs is 1. The summed E-state index contributed by atoms with van der Waals surface area (Å²) >= 11 is 0. The van der Waals surface area contributed by atoms with E-state index in [0.717, 1.165) is 12.2 Å². The molecule has 2 rings (SSSR count). The first-order chi connectivity index (χ1) is 8.76. The Labute approximate surface area is 107 Å². The van der Waals surface area contributed by atoms with Crippen LogP contribution in [0.5, 0.6) is 0 Å². The number of benzene rings is 1. The minimum absolute atomic E-state index is 0.301. The number of carbonyl (C=O) groups excluding carboxylic acids is 1. The number of hydrogen-bond acceptors (Lipinski definition) is 2. The van der Waals surface area contributed by atoms with Gasteiger partial charge in [0, 0.05) is 29.2 Å². The number of esters is 1. The maximum atomic E-state index is 11.3. The zero-order valence-corrected chi connectivity index (χ0v) is 10.7. The van der Waals surface area contributed by atoms with E-state index in [1.807, 2.05) is 18.2 Å². The molecule has 0 aliphatic heterocycles. The lowest BCUT2D eigenvalue weighted by Gasteiger charge is -2.03. The summed E-state index contributed by atoms with van der Waals surface area (Å²) < 4.78 is 7.05. The second-order valence-corrected chi connectivity index (χ2v) is 3.96. The fraction of sp³-hybridized carbons (Fsp3) is 0.267. The Morgan fingerprint density at radius 2 is 2.11 bits per heavy atom. The van der Waals surface area contributed by atoms with Gasteiger partial charge in [0.1, 0.15) is 0 Å². The van der Waals surface area contributed by atoms with Crippen molar-refractivity contribution in [2.24, 2.45) is 0 Å². The fourth-order valence-corrected chi connectivity index (χ4v) is 2.07. The SMILES string of the molecule is CCOC(=O)/C=C/c1cc2ccccc2n1CC. The van der Waals surface area contributed by atoms with Gasteiger partial charge in [0.2, 0.25) is 0 Å². The normalized spacial score (nSPS) is 11.2. The van der Waals surface area contributed by atoms with E-state index in [0.29, 0.717) is 6.61 Å². The van der Waals surface area contributed by atoms with Gasteiger partial charge in [-0.3, -0.25) is 0 Å². The Morgan fingerprint density at radius 1 is 1.33 bits per heavy atom. The molecule has 0 spiro atoms. The average Bonchev–Trinajstić information content (AvgIpc) is 2.74. The predicted octanol–water partition coefficient (Wildman–Crippen LogP) is 3.24. The van der Waals surface area contributed by atoms with Crippen LogP contribution in [0.1, 0.15) is 19.5 Å². The molecular weight excluding hydrogens is 226 g/mol. The lowest BCUT2D eigenvalue weighted by molar-refractivity contribution is -0.137. The van der Waals surface area contributed by atoms with Gasteiger partial charge in [0.15, 0.2) is 0 Å². The van der Waals surface area contributed by atoms with Crippen LogP contribution in [-0.2, 0) is 16.1 Å². The average molecular weight is 243 g/mol. The Hall–Kier alpha value is -2.03. The smallest absolute Gasteiger partial charge is 0.330 e. The molecule has 0 saturated heterocycles. The summed E-state index contributed by atoms with van der Waals surface area (Å²) in [5.74, 6) is -0.301. The van der Waals surface area contributed by atoms with Crippen LogP contribution in [0.4, 0.5) is 0 Å². The number of para-hydroxylation sites is 1. The topological polar surface area (TPSA) is 31.2 Å². The van der Waals surface area contributed by atoms with E-state index >= 15 is 0 Å². The maximum absolute atomic E-state index is 11.3. The first kappa shape index (κ1) is 12.4. The summed E-state index contributed by atoms with van der Waals surface area (Å²) in [6, 6.07) is 10.3. The number of aryl methyl sites for hydroxylation is 1. The van der Waals surface area contributed by atoms with Gasteiger partial charge in [-0.2, -0.15) is 0 Å². The fourth-order valence-electron chi connectivity index (χ4n) is 2.07. The van der Waals surface area contributed by atoms with Gasteiger partial charge in [0.05, 0.1) is 6.61 Å². The molecule has 18 heavy (non-hydrogen) atoms. The van der Waals surface area contributed by atoms with Gasteiger partial charge in [-0.05, 0) is 32.1 Å². The van der Waals surface area contributed by atoms with Crippen LogP contribution in [-0.4, -0.2) is 17.1 Å². The van der Waals surface area contributed by atoms with Gasteiger partial charge < -0.3 is 9.30 Å². The van der Waals surface area contributed by atoms with Gasteiger partial charge >= 0.3 is 5.97 Å². The second-order valence-electron chi connectivity index (χ2n) is 3.96. The Balaban J connectivity index is 2.35. The molecule has 3 nitrogen and oxygen atoms in total. The maximum Gasteiger partial charge on any atom is 0.330 e. The highest BCUT2D eigenvalue weighted by Gasteiger charge is 2.04. The van der Waals surface area contributed by atoms with E-state index in [-0.39, 0.29) is 5.97 Å². The Bertz CT molecular complexity index is 581. The van der Waals surface area contributed by atoms with Crippen LogP contribution in [0, 0.1) is 0 Å². The van der Waals surface area contributed by atoms with E-state index < -0.39 is 0 Å². The summed E-state index contributed by atoms with van der Waals surface area (Å²) in [5, 5.41) is 1.18. The van der Waals surface area contributed by atoms with Crippen LogP contribution in [0.15, 0.2) is 36.4 Å². The first-order valence-corrected chi connectivity index (χ1v) is 6.19. The van der Waals surface area contributed by atoms with Crippen molar-refractivity contribution < 1.29 is 9.53 Å². The number of nitrogens with zero attached hydrogens (tertiary/aromatic N) is 1. The summed E-state index contributed by atoms with van der Waals surface area (Å²) in [6.45, 7) is 5.17. The molecule has 0 amide bonds. The van der Waals surface area contributed by atoms with Gasteiger partial charge in [-0.1, -0.05) is 18.2 Å². The second kappa shape index (κ2) is 5.54. The molecule has 0 aliphatic rings. The zero-order chi connectivity index (χ0) is 13.0. The largest absolute Gasteiger partial charge is 0.463 e.